The number of anilines is 1. The molecule has 5 nitrogen and oxygen atoms in total. The molecule has 1 aliphatic rings. The fourth-order valence-corrected chi connectivity index (χ4v) is 3.69. The van der Waals surface area contributed by atoms with Gasteiger partial charge in [0.05, 0.1) is 0 Å². The number of amides is 1. The molecule has 1 amide bonds. The molecule has 0 saturated carbocycles. The molecule has 1 aliphatic heterocycles. The highest BCUT2D eigenvalue weighted by atomic mass is 16.2. The van der Waals surface area contributed by atoms with E-state index < -0.39 is 0 Å². The molecular weight excluding hydrogens is 324 g/mol. The summed E-state index contributed by atoms with van der Waals surface area (Å²) in [6.07, 6.45) is 3.73. The average Bonchev–Trinajstić information content (AvgIpc) is 2.64. The van der Waals surface area contributed by atoms with Crippen LogP contribution in [0, 0.1) is 13.8 Å². The lowest BCUT2D eigenvalue weighted by Crippen LogP contribution is -2.51. The lowest BCUT2D eigenvalue weighted by atomic mass is 9.99. The average molecular weight is 352 g/mol. The zero-order valence-electron chi connectivity index (χ0n) is 16.1. The monoisotopic (exact) mass is 352 g/mol. The van der Waals surface area contributed by atoms with Crippen molar-refractivity contribution in [3.8, 4) is 0 Å². The van der Waals surface area contributed by atoms with Crippen LogP contribution in [0.25, 0.3) is 0 Å². The van der Waals surface area contributed by atoms with Crippen LogP contribution in [-0.2, 0) is 4.79 Å². The highest BCUT2D eigenvalue weighted by molar-refractivity contribution is 5.84. The van der Waals surface area contributed by atoms with Crippen LogP contribution in [-0.4, -0.2) is 61.0 Å². The number of carbonyl (C=O) groups excluding carboxylic acids is 1. The third-order valence-electron chi connectivity index (χ3n) is 5.16. The van der Waals surface area contributed by atoms with Gasteiger partial charge in [0.15, 0.2) is 0 Å². The second kappa shape index (κ2) is 7.87. The maximum absolute atomic E-state index is 13.3. The van der Waals surface area contributed by atoms with Crippen LogP contribution in [0.1, 0.15) is 22.7 Å². The Bertz CT molecular complexity index is 766. The standard InChI is InChI=1S/C21H28N4O/c1-16-7-5-6-8-18(16)20(23(3)4)21(26)25-13-11-24(12-14-25)19-9-10-22-15-17(19)2/h5-10,15,20H,11-14H2,1-4H3/t20-/m0/s1. The summed E-state index contributed by atoms with van der Waals surface area (Å²) in [5, 5.41) is 0. The Labute approximate surface area is 156 Å². The Morgan fingerprint density at radius 2 is 1.73 bits per heavy atom. The van der Waals surface area contributed by atoms with Crippen LogP contribution in [0.2, 0.25) is 0 Å². The third kappa shape index (κ3) is 3.73. The quantitative estimate of drug-likeness (QED) is 0.848. The van der Waals surface area contributed by atoms with Gasteiger partial charge in [0, 0.05) is 44.3 Å². The van der Waals surface area contributed by atoms with E-state index >= 15 is 0 Å². The topological polar surface area (TPSA) is 39.7 Å². The van der Waals surface area contributed by atoms with Gasteiger partial charge in [-0.05, 0) is 50.7 Å². The van der Waals surface area contributed by atoms with Gasteiger partial charge in [-0.2, -0.15) is 0 Å². The minimum atomic E-state index is -0.231. The number of pyridine rings is 1. The van der Waals surface area contributed by atoms with Crippen molar-refractivity contribution in [2.75, 3.05) is 45.2 Å². The Morgan fingerprint density at radius 1 is 1.04 bits per heavy atom. The summed E-state index contributed by atoms with van der Waals surface area (Å²) in [4.78, 5) is 23.8. The summed E-state index contributed by atoms with van der Waals surface area (Å²) in [6.45, 7) is 7.35. The largest absolute Gasteiger partial charge is 0.368 e. The number of carbonyl (C=O) groups is 1. The number of hydrogen-bond acceptors (Lipinski definition) is 4. The second-order valence-corrected chi connectivity index (χ2v) is 7.20. The summed E-state index contributed by atoms with van der Waals surface area (Å²) >= 11 is 0. The van der Waals surface area contributed by atoms with Crippen molar-refractivity contribution in [2.45, 2.75) is 19.9 Å². The second-order valence-electron chi connectivity index (χ2n) is 7.20. The first-order chi connectivity index (χ1) is 12.5. The van der Waals surface area contributed by atoms with Crippen LogP contribution in [0.5, 0.6) is 0 Å². The molecule has 0 N–H and O–H groups in total. The SMILES string of the molecule is Cc1ccccc1[C@@H](C(=O)N1CCN(c2ccncc2C)CC1)N(C)C. The summed E-state index contributed by atoms with van der Waals surface area (Å²) in [6, 6.07) is 9.99. The van der Waals surface area contributed by atoms with Crippen LogP contribution >= 0.6 is 0 Å². The predicted octanol–water partition coefficient (Wildman–Crippen LogP) is 2.65. The molecule has 1 atom stereocenters. The summed E-state index contributed by atoms with van der Waals surface area (Å²) in [5.74, 6) is 0.190. The van der Waals surface area contributed by atoms with Crippen LogP contribution < -0.4 is 4.90 Å². The Hall–Kier alpha value is -2.40. The van der Waals surface area contributed by atoms with Gasteiger partial charge in [0.2, 0.25) is 5.91 Å². The van der Waals surface area contributed by atoms with E-state index in [1.807, 2.05) is 48.4 Å². The van der Waals surface area contributed by atoms with Crippen molar-refractivity contribution >= 4 is 11.6 Å². The van der Waals surface area contributed by atoms with Gasteiger partial charge in [-0.15, -0.1) is 0 Å². The number of aromatic nitrogens is 1. The maximum Gasteiger partial charge on any atom is 0.244 e. The van der Waals surface area contributed by atoms with Crippen LogP contribution in [0.4, 0.5) is 5.69 Å². The summed E-state index contributed by atoms with van der Waals surface area (Å²) in [7, 11) is 3.96. The summed E-state index contributed by atoms with van der Waals surface area (Å²) in [5.41, 5.74) is 4.65. The molecule has 5 heteroatoms. The van der Waals surface area contributed by atoms with E-state index in [1.165, 1.54) is 11.3 Å². The van der Waals surface area contributed by atoms with E-state index in [2.05, 4.69) is 41.9 Å². The van der Waals surface area contributed by atoms with Crippen molar-refractivity contribution in [2.24, 2.45) is 0 Å². The smallest absolute Gasteiger partial charge is 0.244 e. The predicted molar refractivity (Wildman–Crippen MR) is 105 cm³/mol. The Kier molecular flexibility index (Phi) is 5.57. The van der Waals surface area contributed by atoms with Gasteiger partial charge in [-0.3, -0.25) is 14.7 Å². The van der Waals surface area contributed by atoms with Crippen molar-refractivity contribution in [3.05, 3.63) is 59.4 Å². The third-order valence-corrected chi connectivity index (χ3v) is 5.16. The zero-order valence-corrected chi connectivity index (χ0v) is 16.1. The number of hydrogen-bond donors (Lipinski definition) is 0. The van der Waals surface area contributed by atoms with E-state index in [0.29, 0.717) is 0 Å². The molecule has 0 unspecified atom stereocenters. The first kappa shape index (κ1) is 18.4. The van der Waals surface area contributed by atoms with Gasteiger partial charge in [-0.1, -0.05) is 24.3 Å². The normalized spacial score (nSPS) is 16.0. The molecule has 26 heavy (non-hydrogen) atoms. The number of piperazine rings is 1. The number of rotatable bonds is 4. The van der Waals surface area contributed by atoms with E-state index in [-0.39, 0.29) is 11.9 Å². The molecule has 2 aromatic rings. The molecule has 1 aromatic heterocycles. The molecule has 1 fully saturated rings. The lowest BCUT2D eigenvalue weighted by Gasteiger charge is -2.39. The molecule has 1 aromatic carbocycles. The molecule has 0 spiro atoms. The van der Waals surface area contributed by atoms with Gasteiger partial charge in [0.1, 0.15) is 6.04 Å². The van der Waals surface area contributed by atoms with E-state index in [9.17, 15) is 4.79 Å². The van der Waals surface area contributed by atoms with Crippen molar-refractivity contribution < 1.29 is 4.79 Å². The van der Waals surface area contributed by atoms with E-state index in [0.717, 1.165) is 37.3 Å². The van der Waals surface area contributed by atoms with Crippen molar-refractivity contribution in [3.63, 3.8) is 0 Å². The number of benzene rings is 1. The molecule has 0 bridgehead atoms. The van der Waals surface area contributed by atoms with Crippen LogP contribution in [0.15, 0.2) is 42.7 Å². The minimum Gasteiger partial charge on any atom is -0.368 e. The zero-order chi connectivity index (χ0) is 18.7. The van der Waals surface area contributed by atoms with Crippen molar-refractivity contribution in [1.82, 2.24) is 14.8 Å². The molecule has 3 rings (SSSR count). The fourth-order valence-electron chi connectivity index (χ4n) is 3.69. The first-order valence-corrected chi connectivity index (χ1v) is 9.15. The molecule has 0 radical (unpaired) electrons. The molecule has 138 valence electrons. The van der Waals surface area contributed by atoms with Crippen molar-refractivity contribution in [1.29, 1.82) is 0 Å². The van der Waals surface area contributed by atoms with E-state index in [4.69, 9.17) is 0 Å². The van der Waals surface area contributed by atoms with Gasteiger partial charge >= 0.3 is 0 Å². The Morgan fingerprint density at radius 3 is 2.35 bits per heavy atom. The summed E-state index contributed by atoms with van der Waals surface area (Å²) < 4.78 is 0. The number of nitrogens with zero attached hydrogens (tertiary/aromatic N) is 4. The minimum absolute atomic E-state index is 0.190. The lowest BCUT2D eigenvalue weighted by molar-refractivity contribution is -0.136. The molecule has 0 aliphatic carbocycles. The molecular formula is C21H28N4O. The number of aryl methyl sites for hydroxylation is 2. The highest BCUT2D eigenvalue weighted by Crippen LogP contribution is 2.26. The van der Waals surface area contributed by atoms with Gasteiger partial charge in [0.25, 0.3) is 0 Å². The van der Waals surface area contributed by atoms with Crippen LogP contribution in [0.3, 0.4) is 0 Å². The Balaban J connectivity index is 1.73. The molecule has 1 saturated heterocycles. The van der Waals surface area contributed by atoms with Gasteiger partial charge in [-0.25, -0.2) is 0 Å². The van der Waals surface area contributed by atoms with Gasteiger partial charge < -0.3 is 9.80 Å². The van der Waals surface area contributed by atoms with E-state index in [1.54, 1.807) is 0 Å². The molecule has 2 heterocycles. The number of likely N-dealkylation sites (N-methyl/N-ethyl adjacent to an activating group) is 1. The first-order valence-electron chi connectivity index (χ1n) is 9.15. The fraction of sp³-hybridized carbons (Fsp3) is 0.429. The maximum atomic E-state index is 13.3. The highest BCUT2D eigenvalue weighted by Gasteiger charge is 2.31.